The van der Waals surface area contributed by atoms with E-state index in [0.717, 1.165) is 6.20 Å². The molecule has 82 valence electrons. The zero-order valence-electron chi connectivity index (χ0n) is 7.27. The molecule has 0 saturated carbocycles. The number of hydrogen-bond acceptors (Lipinski definition) is 4. The molecule has 7 nitrogen and oxygen atoms in total. The molecule has 1 heterocycles. The van der Waals surface area contributed by atoms with Gasteiger partial charge in [0.25, 0.3) is 15.5 Å². The maximum absolute atomic E-state index is 10.8. The topological polar surface area (TPSA) is 114 Å². The number of carbonyl (C=O) groups excluding carboxylic acids is 1. The Bertz CT molecular complexity index is 487. The summed E-state index contributed by atoms with van der Waals surface area (Å²) in [5.74, 6) is -1.77. The smallest absolute Gasteiger partial charge is 0.345 e. The second kappa shape index (κ2) is 3.83. The van der Waals surface area contributed by atoms with Gasteiger partial charge in [-0.3, -0.25) is 9.35 Å². The highest BCUT2D eigenvalue weighted by Crippen LogP contribution is 2.16. The molecule has 1 aromatic rings. The fourth-order valence-electron chi connectivity index (χ4n) is 1.11. The van der Waals surface area contributed by atoms with E-state index in [9.17, 15) is 18.0 Å². The number of hydrogen-bond donors (Lipinski definition) is 2. The molecule has 1 aromatic heterocycles. The van der Waals surface area contributed by atoms with Crippen LogP contribution in [-0.2, 0) is 14.9 Å². The van der Waals surface area contributed by atoms with Gasteiger partial charge in [0.1, 0.15) is 0 Å². The molecule has 0 saturated heterocycles. The third kappa shape index (κ3) is 2.22. The van der Waals surface area contributed by atoms with Crippen LogP contribution in [0, 0.1) is 0 Å². The summed E-state index contributed by atoms with van der Waals surface area (Å²) in [6.07, 6.45) is 1.37. The van der Waals surface area contributed by atoms with Crippen LogP contribution in [0.3, 0.4) is 0 Å². The fraction of sp³-hybridized carbons (Fsp3) is 0.143. The zero-order valence-corrected chi connectivity index (χ0v) is 8.09. The lowest BCUT2D eigenvalue weighted by Gasteiger charge is -2.12. The maximum Gasteiger partial charge on any atom is 0.345 e. The Morgan fingerprint density at radius 1 is 1.53 bits per heavy atom. The molecule has 1 rings (SSSR count). The third-order valence-electron chi connectivity index (χ3n) is 1.68. The summed E-state index contributed by atoms with van der Waals surface area (Å²) in [5.41, 5.74) is -0.153. The minimum absolute atomic E-state index is 0.153. The van der Waals surface area contributed by atoms with Crippen molar-refractivity contribution in [2.75, 3.05) is 0 Å². The molecule has 0 amide bonds. The average molecular weight is 233 g/mol. The van der Waals surface area contributed by atoms with Gasteiger partial charge in [0.15, 0.2) is 6.29 Å². The van der Waals surface area contributed by atoms with E-state index in [1.54, 1.807) is 0 Å². The standard InChI is InChI=1S/C7H7NO6S/c9-4-5-2-1-3-8(5)6(7(10)11)15(12,13)14/h1-4,6H,(H,10,11)(H,12,13,14). The lowest BCUT2D eigenvalue weighted by molar-refractivity contribution is -0.138. The van der Waals surface area contributed by atoms with Gasteiger partial charge in [0, 0.05) is 6.20 Å². The fourth-order valence-corrected chi connectivity index (χ4v) is 1.84. The summed E-state index contributed by atoms with van der Waals surface area (Å²) in [6, 6.07) is 2.53. The summed E-state index contributed by atoms with van der Waals surface area (Å²) in [6.45, 7) is 0. The van der Waals surface area contributed by atoms with Crippen LogP contribution in [-0.4, -0.2) is 34.9 Å². The van der Waals surface area contributed by atoms with Crippen molar-refractivity contribution in [2.45, 2.75) is 5.37 Å². The van der Waals surface area contributed by atoms with E-state index in [1.807, 2.05) is 0 Å². The number of aldehydes is 1. The van der Waals surface area contributed by atoms with Gasteiger partial charge in [-0.1, -0.05) is 0 Å². The molecular weight excluding hydrogens is 226 g/mol. The van der Waals surface area contributed by atoms with Gasteiger partial charge in [-0.2, -0.15) is 8.42 Å². The van der Waals surface area contributed by atoms with E-state index in [1.165, 1.54) is 12.1 Å². The molecule has 1 unspecified atom stereocenters. The second-order valence-electron chi connectivity index (χ2n) is 2.66. The highest BCUT2D eigenvalue weighted by Gasteiger charge is 2.33. The van der Waals surface area contributed by atoms with Crippen LogP contribution < -0.4 is 0 Å². The Morgan fingerprint density at radius 2 is 2.13 bits per heavy atom. The van der Waals surface area contributed by atoms with E-state index in [4.69, 9.17) is 9.66 Å². The molecule has 0 aliphatic heterocycles. The first kappa shape index (κ1) is 11.4. The van der Waals surface area contributed by atoms with Crippen LogP contribution in [0.1, 0.15) is 15.9 Å². The van der Waals surface area contributed by atoms with Crippen LogP contribution in [0.25, 0.3) is 0 Å². The number of aromatic nitrogens is 1. The molecule has 0 aromatic carbocycles. The number of nitrogens with zero attached hydrogens (tertiary/aromatic N) is 1. The van der Waals surface area contributed by atoms with Crippen LogP contribution >= 0.6 is 0 Å². The number of carboxylic acids is 1. The van der Waals surface area contributed by atoms with Crippen molar-refractivity contribution in [2.24, 2.45) is 0 Å². The third-order valence-corrected chi connectivity index (χ3v) is 2.67. The van der Waals surface area contributed by atoms with Gasteiger partial charge >= 0.3 is 5.97 Å². The normalized spacial score (nSPS) is 13.4. The van der Waals surface area contributed by atoms with Crippen LogP contribution in [0.15, 0.2) is 18.3 Å². The minimum Gasteiger partial charge on any atom is -0.479 e. The second-order valence-corrected chi connectivity index (χ2v) is 4.14. The molecule has 15 heavy (non-hydrogen) atoms. The van der Waals surface area contributed by atoms with Crippen molar-refractivity contribution in [3.05, 3.63) is 24.0 Å². The predicted octanol–water partition coefficient (Wildman–Crippen LogP) is -0.228. The van der Waals surface area contributed by atoms with Crippen LogP contribution in [0.5, 0.6) is 0 Å². The van der Waals surface area contributed by atoms with Crippen LogP contribution in [0.2, 0.25) is 0 Å². The lowest BCUT2D eigenvalue weighted by Crippen LogP contribution is -2.27. The SMILES string of the molecule is O=Cc1cccn1C(C(=O)O)S(=O)(=O)O. The highest BCUT2D eigenvalue weighted by atomic mass is 32.2. The Morgan fingerprint density at radius 3 is 2.53 bits per heavy atom. The first-order chi connectivity index (χ1) is 6.88. The summed E-state index contributed by atoms with van der Waals surface area (Å²) in [7, 11) is -4.82. The summed E-state index contributed by atoms with van der Waals surface area (Å²) in [5, 5.41) is 6.42. The molecular formula is C7H7NO6S. The van der Waals surface area contributed by atoms with Crippen molar-refractivity contribution < 1.29 is 27.7 Å². The van der Waals surface area contributed by atoms with Gasteiger partial charge in [0.2, 0.25) is 0 Å². The quantitative estimate of drug-likeness (QED) is 0.548. The monoisotopic (exact) mass is 233 g/mol. The van der Waals surface area contributed by atoms with E-state index < -0.39 is 21.5 Å². The van der Waals surface area contributed by atoms with Crippen molar-refractivity contribution in [3.63, 3.8) is 0 Å². The molecule has 1 atom stereocenters. The van der Waals surface area contributed by atoms with Crippen molar-refractivity contribution in [1.29, 1.82) is 0 Å². The summed E-state index contributed by atoms with van der Waals surface area (Å²) >= 11 is 0. The van der Waals surface area contributed by atoms with Crippen molar-refractivity contribution in [3.8, 4) is 0 Å². The van der Waals surface area contributed by atoms with E-state index in [2.05, 4.69) is 0 Å². The molecule has 0 aliphatic rings. The summed E-state index contributed by atoms with van der Waals surface area (Å²) < 4.78 is 30.9. The highest BCUT2D eigenvalue weighted by molar-refractivity contribution is 7.86. The molecule has 8 heteroatoms. The number of aliphatic carboxylic acids is 1. The number of rotatable bonds is 4. The van der Waals surface area contributed by atoms with Gasteiger partial charge < -0.3 is 9.67 Å². The molecule has 0 spiro atoms. The summed E-state index contributed by atoms with van der Waals surface area (Å²) in [4.78, 5) is 21.1. The largest absolute Gasteiger partial charge is 0.479 e. The Kier molecular flexibility index (Phi) is 2.91. The average Bonchev–Trinajstić information content (AvgIpc) is 2.48. The Balaban J connectivity index is 3.35. The molecule has 0 aliphatic carbocycles. The predicted molar refractivity (Wildman–Crippen MR) is 48.0 cm³/mol. The number of carbonyl (C=O) groups is 2. The Labute approximate surface area is 84.7 Å². The van der Waals surface area contributed by atoms with E-state index >= 15 is 0 Å². The molecule has 0 bridgehead atoms. The maximum atomic E-state index is 10.8. The minimum atomic E-state index is -4.82. The molecule has 0 radical (unpaired) electrons. The van der Waals surface area contributed by atoms with Gasteiger partial charge in [0.05, 0.1) is 5.69 Å². The van der Waals surface area contributed by atoms with Crippen molar-refractivity contribution in [1.82, 2.24) is 4.57 Å². The Hall–Kier alpha value is -1.67. The molecule has 2 N–H and O–H groups in total. The van der Waals surface area contributed by atoms with Gasteiger partial charge in [-0.15, -0.1) is 0 Å². The lowest BCUT2D eigenvalue weighted by atomic mass is 10.4. The van der Waals surface area contributed by atoms with Crippen molar-refractivity contribution >= 4 is 22.4 Å². The van der Waals surface area contributed by atoms with Crippen LogP contribution in [0.4, 0.5) is 0 Å². The van der Waals surface area contributed by atoms with E-state index in [0.29, 0.717) is 10.9 Å². The number of carboxylic acid groups (broad SMARTS) is 1. The first-order valence-electron chi connectivity index (χ1n) is 3.69. The zero-order chi connectivity index (χ0) is 11.6. The first-order valence-corrected chi connectivity index (χ1v) is 5.19. The molecule has 0 fully saturated rings. The van der Waals surface area contributed by atoms with E-state index in [-0.39, 0.29) is 5.69 Å². The van der Waals surface area contributed by atoms with Gasteiger partial charge in [-0.25, -0.2) is 4.79 Å². The van der Waals surface area contributed by atoms with Gasteiger partial charge in [-0.05, 0) is 12.1 Å².